The summed E-state index contributed by atoms with van der Waals surface area (Å²) >= 11 is 0. The van der Waals surface area contributed by atoms with Gasteiger partial charge in [-0.05, 0) is 37.5 Å². The van der Waals surface area contributed by atoms with Gasteiger partial charge in [-0.2, -0.15) is 0 Å². The molecule has 0 radical (unpaired) electrons. The summed E-state index contributed by atoms with van der Waals surface area (Å²) in [6.07, 6.45) is 3.29. The largest absolute Gasteiger partial charge is 0.481 e. The maximum Gasteiger partial charge on any atom is 0.310 e. The third-order valence-corrected chi connectivity index (χ3v) is 3.66. The molecule has 0 aliphatic carbocycles. The molecule has 3 N–H and O–H groups in total. The number of aliphatic carboxylic acids is 1. The Hall–Kier alpha value is -0.610. The first kappa shape index (κ1) is 14.5. The molecule has 1 rings (SSSR count). The fourth-order valence-corrected chi connectivity index (χ4v) is 2.80. The van der Waals surface area contributed by atoms with Crippen LogP contribution in [-0.4, -0.2) is 30.8 Å². The van der Waals surface area contributed by atoms with E-state index in [0.717, 1.165) is 26.1 Å². The molecule has 0 aromatic rings. The van der Waals surface area contributed by atoms with E-state index in [1.807, 2.05) is 0 Å². The van der Waals surface area contributed by atoms with Crippen molar-refractivity contribution in [1.29, 1.82) is 0 Å². The molecule has 1 fully saturated rings. The highest BCUT2D eigenvalue weighted by Gasteiger charge is 2.40. The number of hydrogen-bond acceptors (Lipinski definition) is 3. The Labute approximate surface area is 104 Å². The fourth-order valence-electron chi connectivity index (χ4n) is 2.80. The second-order valence-corrected chi connectivity index (χ2v) is 5.65. The minimum Gasteiger partial charge on any atom is -0.481 e. The summed E-state index contributed by atoms with van der Waals surface area (Å²) in [5.74, 6) is 0.0665. The molecule has 1 aliphatic heterocycles. The van der Waals surface area contributed by atoms with E-state index in [1.165, 1.54) is 0 Å². The van der Waals surface area contributed by atoms with Crippen LogP contribution < -0.4 is 5.73 Å². The number of carbonyl (C=O) groups is 1. The molecule has 1 atom stereocenters. The summed E-state index contributed by atoms with van der Waals surface area (Å²) in [5.41, 5.74) is 5.02. The van der Waals surface area contributed by atoms with Crippen molar-refractivity contribution in [3.63, 3.8) is 0 Å². The quantitative estimate of drug-likeness (QED) is 0.747. The van der Waals surface area contributed by atoms with E-state index in [-0.39, 0.29) is 6.54 Å². The predicted molar refractivity (Wildman–Crippen MR) is 66.7 cm³/mol. The fraction of sp³-hybridized carbons (Fsp3) is 0.923. The summed E-state index contributed by atoms with van der Waals surface area (Å²) in [6, 6.07) is 0. The Balaban J connectivity index is 2.70. The summed E-state index contributed by atoms with van der Waals surface area (Å²) in [7, 11) is 0. The monoisotopic (exact) mass is 243 g/mol. The maximum absolute atomic E-state index is 11.6. The average Bonchev–Trinajstić information content (AvgIpc) is 2.28. The third-order valence-electron chi connectivity index (χ3n) is 3.66. The number of ether oxygens (including phenoxy) is 1. The molecule has 100 valence electrons. The lowest BCUT2D eigenvalue weighted by molar-refractivity contribution is -0.151. The van der Waals surface area contributed by atoms with Crippen LogP contribution in [0.3, 0.4) is 0 Å². The molecule has 0 spiro atoms. The number of carboxylic acids is 1. The molecule has 1 heterocycles. The van der Waals surface area contributed by atoms with Crippen LogP contribution in [0.2, 0.25) is 0 Å². The molecule has 0 saturated carbocycles. The van der Waals surface area contributed by atoms with Crippen LogP contribution in [0.4, 0.5) is 0 Å². The molecule has 4 nitrogen and oxygen atoms in total. The minimum atomic E-state index is -0.740. The van der Waals surface area contributed by atoms with Crippen LogP contribution in [0.25, 0.3) is 0 Å². The van der Waals surface area contributed by atoms with Gasteiger partial charge in [0.2, 0.25) is 0 Å². The van der Waals surface area contributed by atoms with Crippen molar-refractivity contribution in [3.8, 4) is 0 Å². The zero-order chi connectivity index (χ0) is 12.9. The highest BCUT2D eigenvalue weighted by Crippen LogP contribution is 2.36. The van der Waals surface area contributed by atoms with Crippen LogP contribution in [0.15, 0.2) is 0 Å². The van der Waals surface area contributed by atoms with Gasteiger partial charge in [-0.25, -0.2) is 0 Å². The first-order chi connectivity index (χ1) is 8.00. The SMILES string of the molecule is CC(C)CC(CN)(CC1CCOCC1)C(=O)O. The summed E-state index contributed by atoms with van der Waals surface area (Å²) in [6.45, 7) is 5.85. The van der Waals surface area contributed by atoms with Gasteiger partial charge in [-0.3, -0.25) is 4.79 Å². The predicted octanol–water partition coefficient (Wildman–Crippen LogP) is 1.88. The smallest absolute Gasteiger partial charge is 0.310 e. The van der Waals surface area contributed by atoms with E-state index in [9.17, 15) is 9.90 Å². The highest BCUT2D eigenvalue weighted by molar-refractivity contribution is 5.75. The standard InChI is InChI=1S/C13H25NO3/c1-10(2)7-13(9-14,12(15)16)8-11-3-5-17-6-4-11/h10-11H,3-9,14H2,1-2H3,(H,15,16). The second-order valence-electron chi connectivity index (χ2n) is 5.65. The summed E-state index contributed by atoms with van der Waals surface area (Å²) < 4.78 is 5.31. The zero-order valence-electron chi connectivity index (χ0n) is 10.9. The number of nitrogens with two attached hydrogens (primary N) is 1. The van der Waals surface area contributed by atoms with E-state index in [4.69, 9.17) is 10.5 Å². The van der Waals surface area contributed by atoms with Crippen molar-refractivity contribution in [3.05, 3.63) is 0 Å². The van der Waals surface area contributed by atoms with Gasteiger partial charge in [-0.1, -0.05) is 13.8 Å². The number of rotatable bonds is 6. The molecule has 1 unspecified atom stereocenters. The van der Waals surface area contributed by atoms with E-state index < -0.39 is 11.4 Å². The van der Waals surface area contributed by atoms with Crippen LogP contribution in [0.5, 0.6) is 0 Å². The molecule has 0 bridgehead atoms. The molecule has 0 aromatic heterocycles. The number of carboxylic acid groups (broad SMARTS) is 1. The van der Waals surface area contributed by atoms with Gasteiger partial charge < -0.3 is 15.6 Å². The van der Waals surface area contributed by atoms with E-state index >= 15 is 0 Å². The molecule has 0 aromatic carbocycles. The lowest BCUT2D eigenvalue weighted by Crippen LogP contribution is -2.42. The molecule has 1 aliphatic rings. The van der Waals surface area contributed by atoms with Gasteiger partial charge in [0, 0.05) is 19.8 Å². The molecular weight excluding hydrogens is 218 g/mol. The topological polar surface area (TPSA) is 72.5 Å². The second kappa shape index (κ2) is 6.36. The Kier molecular flexibility index (Phi) is 5.40. The van der Waals surface area contributed by atoms with E-state index in [2.05, 4.69) is 13.8 Å². The molecule has 17 heavy (non-hydrogen) atoms. The lowest BCUT2D eigenvalue weighted by Gasteiger charge is -2.34. The first-order valence-corrected chi connectivity index (χ1v) is 6.51. The van der Waals surface area contributed by atoms with Gasteiger partial charge in [0.1, 0.15) is 0 Å². The van der Waals surface area contributed by atoms with Gasteiger partial charge in [0.25, 0.3) is 0 Å². The van der Waals surface area contributed by atoms with Crippen LogP contribution in [0.1, 0.15) is 39.5 Å². The third kappa shape index (κ3) is 3.96. The first-order valence-electron chi connectivity index (χ1n) is 6.51. The summed E-state index contributed by atoms with van der Waals surface area (Å²) in [5, 5.41) is 9.49. The molecule has 1 saturated heterocycles. The van der Waals surface area contributed by atoms with Gasteiger partial charge in [0.05, 0.1) is 5.41 Å². The highest BCUT2D eigenvalue weighted by atomic mass is 16.5. The van der Waals surface area contributed by atoms with E-state index in [1.54, 1.807) is 0 Å². The van der Waals surface area contributed by atoms with Gasteiger partial charge in [0.15, 0.2) is 0 Å². The van der Waals surface area contributed by atoms with E-state index in [0.29, 0.717) is 24.7 Å². The van der Waals surface area contributed by atoms with Crippen molar-refractivity contribution in [2.45, 2.75) is 39.5 Å². The van der Waals surface area contributed by atoms with Crippen molar-refractivity contribution >= 4 is 5.97 Å². The van der Waals surface area contributed by atoms with Crippen LogP contribution in [0, 0.1) is 17.3 Å². The van der Waals surface area contributed by atoms with Crippen molar-refractivity contribution in [2.24, 2.45) is 23.0 Å². The van der Waals surface area contributed by atoms with Gasteiger partial charge in [-0.15, -0.1) is 0 Å². The zero-order valence-corrected chi connectivity index (χ0v) is 10.9. The molecule has 0 amide bonds. The maximum atomic E-state index is 11.6. The normalized spacial score (nSPS) is 21.4. The summed E-state index contributed by atoms with van der Waals surface area (Å²) in [4.78, 5) is 11.6. The molecular formula is C13H25NO3. The average molecular weight is 243 g/mol. The molecule has 4 heteroatoms. The van der Waals surface area contributed by atoms with Crippen LogP contribution >= 0.6 is 0 Å². The Morgan fingerprint density at radius 2 is 2.06 bits per heavy atom. The van der Waals surface area contributed by atoms with Crippen molar-refractivity contribution < 1.29 is 14.6 Å². The van der Waals surface area contributed by atoms with Crippen LogP contribution in [-0.2, 0) is 9.53 Å². The minimum absolute atomic E-state index is 0.234. The van der Waals surface area contributed by atoms with Crippen molar-refractivity contribution in [1.82, 2.24) is 0 Å². The Bertz CT molecular complexity index is 249. The number of hydrogen-bond donors (Lipinski definition) is 2. The van der Waals surface area contributed by atoms with Gasteiger partial charge >= 0.3 is 5.97 Å². The van der Waals surface area contributed by atoms with Crippen molar-refractivity contribution in [2.75, 3.05) is 19.8 Å². The Morgan fingerprint density at radius 3 is 2.47 bits per heavy atom. The Morgan fingerprint density at radius 1 is 1.47 bits per heavy atom. The lowest BCUT2D eigenvalue weighted by atomic mass is 9.72.